The Kier molecular flexibility index (Phi) is 3.21. The Morgan fingerprint density at radius 1 is 1.50 bits per heavy atom. The van der Waals surface area contributed by atoms with E-state index in [-0.39, 0.29) is 0 Å². The molecule has 0 fully saturated rings. The maximum atomic E-state index is 4.23. The molecule has 0 spiro atoms. The van der Waals surface area contributed by atoms with Gasteiger partial charge in [-0.15, -0.1) is 11.3 Å². The molecular formula is C9H11N3S2. The summed E-state index contributed by atoms with van der Waals surface area (Å²) < 4.78 is 0. The molecule has 0 aromatic carbocycles. The molecule has 0 atom stereocenters. The fourth-order valence-corrected chi connectivity index (χ4v) is 2.24. The molecule has 2 aromatic heterocycles. The molecule has 0 saturated carbocycles. The Morgan fingerprint density at radius 3 is 3.29 bits per heavy atom. The number of rotatable bonds is 4. The number of fused-ring (bicyclic) bond motifs is 1. The SMILES string of the molecule is CSCCNc1ncnc2sccc12. The average molecular weight is 225 g/mol. The van der Waals surface area contributed by atoms with Gasteiger partial charge in [0.2, 0.25) is 0 Å². The number of thiophene rings is 1. The quantitative estimate of drug-likeness (QED) is 0.811. The van der Waals surface area contributed by atoms with E-state index in [1.165, 1.54) is 0 Å². The molecule has 14 heavy (non-hydrogen) atoms. The highest BCUT2D eigenvalue weighted by Crippen LogP contribution is 2.23. The van der Waals surface area contributed by atoms with Gasteiger partial charge in [0.15, 0.2) is 0 Å². The van der Waals surface area contributed by atoms with Crippen molar-refractivity contribution in [3.8, 4) is 0 Å². The van der Waals surface area contributed by atoms with Crippen molar-refractivity contribution in [3.63, 3.8) is 0 Å². The highest BCUT2D eigenvalue weighted by molar-refractivity contribution is 7.98. The normalized spacial score (nSPS) is 10.6. The summed E-state index contributed by atoms with van der Waals surface area (Å²) in [5.74, 6) is 2.04. The summed E-state index contributed by atoms with van der Waals surface area (Å²) in [6.45, 7) is 0.948. The third-order valence-corrected chi connectivity index (χ3v) is 3.29. The summed E-state index contributed by atoms with van der Waals surface area (Å²) in [4.78, 5) is 9.47. The van der Waals surface area contributed by atoms with E-state index >= 15 is 0 Å². The molecule has 0 aliphatic rings. The van der Waals surface area contributed by atoms with Crippen LogP contribution in [0.3, 0.4) is 0 Å². The Labute approximate surface area is 91.0 Å². The minimum Gasteiger partial charge on any atom is -0.369 e. The van der Waals surface area contributed by atoms with Crippen LogP contribution < -0.4 is 5.32 Å². The van der Waals surface area contributed by atoms with Crippen LogP contribution in [0, 0.1) is 0 Å². The van der Waals surface area contributed by atoms with E-state index < -0.39 is 0 Å². The van der Waals surface area contributed by atoms with Crippen molar-refractivity contribution in [2.24, 2.45) is 0 Å². The van der Waals surface area contributed by atoms with Gasteiger partial charge in [0.1, 0.15) is 17.0 Å². The van der Waals surface area contributed by atoms with Crippen LogP contribution in [0.4, 0.5) is 5.82 Å². The maximum absolute atomic E-state index is 4.23. The zero-order valence-electron chi connectivity index (χ0n) is 7.86. The lowest BCUT2D eigenvalue weighted by molar-refractivity contribution is 1.15. The predicted octanol–water partition coefficient (Wildman–Crippen LogP) is 2.47. The molecule has 2 rings (SSSR count). The molecule has 74 valence electrons. The van der Waals surface area contributed by atoms with Crippen LogP contribution in [0.1, 0.15) is 0 Å². The number of thioether (sulfide) groups is 1. The Morgan fingerprint density at radius 2 is 2.43 bits per heavy atom. The number of nitrogens with zero attached hydrogens (tertiary/aromatic N) is 2. The highest BCUT2D eigenvalue weighted by atomic mass is 32.2. The van der Waals surface area contributed by atoms with Gasteiger partial charge in [-0.2, -0.15) is 11.8 Å². The molecule has 0 bridgehead atoms. The van der Waals surface area contributed by atoms with Crippen LogP contribution in [-0.2, 0) is 0 Å². The first-order chi connectivity index (χ1) is 6.92. The number of hydrogen-bond donors (Lipinski definition) is 1. The summed E-state index contributed by atoms with van der Waals surface area (Å²) in [5.41, 5.74) is 0. The molecule has 0 saturated heterocycles. The molecule has 0 aliphatic heterocycles. The number of anilines is 1. The van der Waals surface area contributed by atoms with E-state index in [1.807, 2.05) is 17.1 Å². The van der Waals surface area contributed by atoms with E-state index in [1.54, 1.807) is 17.7 Å². The van der Waals surface area contributed by atoms with Crippen LogP contribution in [0.15, 0.2) is 17.8 Å². The third kappa shape index (κ3) is 1.99. The average Bonchev–Trinajstić information content (AvgIpc) is 2.67. The zero-order chi connectivity index (χ0) is 9.80. The number of aromatic nitrogens is 2. The standard InChI is InChI=1S/C9H11N3S2/c1-13-5-3-10-8-7-2-4-14-9(7)12-6-11-8/h2,4,6H,3,5H2,1H3,(H,10,11,12). The van der Waals surface area contributed by atoms with E-state index in [0.717, 1.165) is 28.3 Å². The number of hydrogen-bond acceptors (Lipinski definition) is 5. The Hall–Kier alpha value is -0.810. The van der Waals surface area contributed by atoms with Crippen LogP contribution >= 0.6 is 23.1 Å². The van der Waals surface area contributed by atoms with Gasteiger partial charge in [-0.3, -0.25) is 0 Å². The van der Waals surface area contributed by atoms with Crippen molar-refractivity contribution in [2.75, 3.05) is 23.9 Å². The first-order valence-electron chi connectivity index (χ1n) is 4.33. The molecule has 5 heteroatoms. The van der Waals surface area contributed by atoms with Gasteiger partial charge in [-0.1, -0.05) is 0 Å². The molecule has 0 unspecified atom stereocenters. The molecule has 2 heterocycles. The van der Waals surface area contributed by atoms with Crippen molar-refractivity contribution in [1.82, 2.24) is 9.97 Å². The second kappa shape index (κ2) is 4.61. The Bertz CT molecular complexity index is 413. The van der Waals surface area contributed by atoms with Crippen LogP contribution in [0.25, 0.3) is 10.2 Å². The lowest BCUT2D eigenvalue weighted by Gasteiger charge is -2.04. The molecule has 2 aromatic rings. The van der Waals surface area contributed by atoms with Crippen molar-refractivity contribution in [3.05, 3.63) is 17.8 Å². The van der Waals surface area contributed by atoms with Crippen molar-refractivity contribution < 1.29 is 0 Å². The van der Waals surface area contributed by atoms with Crippen LogP contribution in [0.5, 0.6) is 0 Å². The van der Waals surface area contributed by atoms with Gasteiger partial charge in [0, 0.05) is 12.3 Å². The number of nitrogens with one attached hydrogen (secondary N) is 1. The first kappa shape index (κ1) is 9.73. The van der Waals surface area contributed by atoms with Gasteiger partial charge in [-0.25, -0.2) is 9.97 Å². The minimum atomic E-state index is 0.948. The largest absolute Gasteiger partial charge is 0.369 e. The third-order valence-electron chi connectivity index (χ3n) is 1.86. The summed E-state index contributed by atoms with van der Waals surface area (Å²) in [5, 5.41) is 6.47. The molecular weight excluding hydrogens is 214 g/mol. The molecule has 0 radical (unpaired) electrons. The first-order valence-corrected chi connectivity index (χ1v) is 6.60. The van der Waals surface area contributed by atoms with E-state index in [2.05, 4.69) is 27.6 Å². The summed E-state index contributed by atoms with van der Waals surface area (Å²) >= 11 is 3.47. The van der Waals surface area contributed by atoms with Gasteiger partial charge >= 0.3 is 0 Å². The summed E-state index contributed by atoms with van der Waals surface area (Å²) in [6.07, 6.45) is 3.71. The second-order valence-electron chi connectivity index (χ2n) is 2.78. The fraction of sp³-hybridized carbons (Fsp3) is 0.333. The zero-order valence-corrected chi connectivity index (χ0v) is 9.49. The van der Waals surface area contributed by atoms with E-state index in [9.17, 15) is 0 Å². The van der Waals surface area contributed by atoms with Crippen molar-refractivity contribution in [1.29, 1.82) is 0 Å². The fourth-order valence-electron chi connectivity index (χ4n) is 1.20. The monoisotopic (exact) mass is 225 g/mol. The topological polar surface area (TPSA) is 37.8 Å². The predicted molar refractivity (Wildman–Crippen MR) is 64.3 cm³/mol. The van der Waals surface area contributed by atoms with Crippen molar-refractivity contribution >= 4 is 39.1 Å². The lowest BCUT2D eigenvalue weighted by Crippen LogP contribution is -2.05. The molecule has 0 amide bonds. The van der Waals surface area contributed by atoms with Crippen LogP contribution in [0.2, 0.25) is 0 Å². The Balaban J connectivity index is 2.19. The smallest absolute Gasteiger partial charge is 0.138 e. The minimum absolute atomic E-state index is 0.948. The van der Waals surface area contributed by atoms with E-state index in [4.69, 9.17) is 0 Å². The molecule has 0 aliphatic carbocycles. The van der Waals surface area contributed by atoms with Gasteiger partial charge < -0.3 is 5.32 Å². The van der Waals surface area contributed by atoms with Crippen molar-refractivity contribution in [2.45, 2.75) is 0 Å². The second-order valence-corrected chi connectivity index (χ2v) is 4.66. The van der Waals surface area contributed by atoms with E-state index in [0.29, 0.717) is 0 Å². The van der Waals surface area contributed by atoms with Gasteiger partial charge in [0.25, 0.3) is 0 Å². The summed E-state index contributed by atoms with van der Waals surface area (Å²) in [6, 6.07) is 2.06. The van der Waals surface area contributed by atoms with Gasteiger partial charge in [-0.05, 0) is 17.7 Å². The maximum Gasteiger partial charge on any atom is 0.138 e. The van der Waals surface area contributed by atoms with Crippen LogP contribution in [-0.4, -0.2) is 28.5 Å². The lowest BCUT2D eigenvalue weighted by atomic mass is 10.4. The summed E-state index contributed by atoms with van der Waals surface area (Å²) in [7, 11) is 0. The molecule has 3 nitrogen and oxygen atoms in total. The molecule has 1 N–H and O–H groups in total. The highest BCUT2D eigenvalue weighted by Gasteiger charge is 2.02. The van der Waals surface area contributed by atoms with Gasteiger partial charge in [0.05, 0.1) is 5.39 Å².